The number of nitrogens with one attached hydrogen (secondary N) is 2. The molecule has 5 aromatic carbocycles. The van der Waals surface area contributed by atoms with Crippen molar-refractivity contribution in [1.29, 1.82) is 0 Å². The minimum Gasteiger partial charge on any atom is -0.493 e. The predicted octanol–water partition coefficient (Wildman–Crippen LogP) is 7.89. The van der Waals surface area contributed by atoms with Crippen LogP contribution in [0.1, 0.15) is 99.2 Å². The van der Waals surface area contributed by atoms with Crippen LogP contribution in [0.2, 0.25) is 0 Å². The first-order valence-corrected chi connectivity index (χ1v) is 29.2. The van der Waals surface area contributed by atoms with E-state index in [1.54, 1.807) is 32.7 Å². The van der Waals surface area contributed by atoms with E-state index in [4.69, 9.17) is 14.2 Å². The van der Waals surface area contributed by atoms with Crippen LogP contribution in [0.4, 0.5) is 17.1 Å². The molecule has 0 saturated heterocycles. The minimum absolute atomic E-state index is 0.0352. The minimum atomic E-state index is -4.05. The molecular formula is C57H64N4O12S3. The number of benzene rings is 5. The summed E-state index contributed by atoms with van der Waals surface area (Å²) in [5.41, 5.74) is 8.61. The summed E-state index contributed by atoms with van der Waals surface area (Å²) in [4.78, 5) is 57.7. The van der Waals surface area contributed by atoms with Crippen LogP contribution in [-0.2, 0) is 62.8 Å². The highest BCUT2D eigenvalue weighted by molar-refractivity contribution is 8.77. The van der Waals surface area contributed by atoms with E-state index in [1.807, 2.05) is 85.8 Å². The molecule has 5 aromatic rings. The second kappa shape index (κ2) is 22.9. The van der Waals surface area contributed by atoms with Gasteiger partial charge in [0, 0.05) is 65.0 Å². The second-order valence-electron chi connectivity index (χ2n) is 20.4. The van der Waals surface area contributed by atoms with Crippen LogP contribution < -0.4 is 34.6 Å². The van der Waals surface area contributed by atoms with Gasteiger partial charge in [0.2, 0.25) is 11.8 Å². The van der Waals surface area contributed by atoms with Crippen molar-refractivity contribution in [3.05, 3.63) is 141 Å². The van der Waals surface area contributed by atoms with Crippen molar-refractivity contribution in [2.24, 2.45) is 0 Å². The highest BCUT2D eigenvalue weighted by Crippen LogP contribution is 2.43. The number of para-hydroxylation sites is 2. The Bertz CT molecular complexity index is 3170. The lowest BCUT2D eigenvalue weighted by molar-refractivity contribution is -0.120. The van der Waals surface area contributed by atoms with E-state index < -0.39 is 39.5 Å². The highest BCUT2D eigenvalue weighted by Gasteiger charge is 2.44. The zero-order valence-electron chi connectivity index (χ0n) is 43.4. The average Bonchev–Trinajstić information content (AvgIpc) is 3.94. The van der Waals surface area contributed by atoms with Crippen molar-refractivity contribution in [2.45, 2.75) is 120 Å². The molecule has 0 radical (unpaired) electrons. The highest BCUT2D eigenvalue weighted by atomic mass is 33.1. The van der Waals surface area contributed by atoms with Crippen LogP contribution in [0.15, 0.2) is 91.0 Å². The van der Waals surface area contributed by atoms with Crippen LogP contribution in [0, 0.1) is 6.92 Å². The van der Waals surface area contributed by atoms with Gasteiger partial charge >= 0.3 is 0 Å². The molecule has 0 saturated carbocycles. The van der Waals surface area contributed by atoms with Gasteiger partial charge in [-0.2, -0.15) is 8.42 Å². The average molecular weight is 1090 g/mol. The summed E-state index contributed by atoms with van der Waals surface area (Å²) in [6.45, 7) is 6.11. The maximum Gasteiger partial charge on any atom is 0.279 e. The van der Waals surface area contributed by atoms with Crippen molar-refractivity contribution in [2.75, 3.05) is 42.1 Å². The molecule has 4 aliphatic rings. The Morgan fingerprint density at radius 3 is 1.87 bits per heavy atom. The zero-order valence-corrected chi connectivity index (χ0v) is 45.9. The molecule has 4 N–H and O–H groups in total. The van der Waals surface area contributed by atoms with Gasteiger partial charge in [0.25, 0.3) is 21.9 Å². The number of carbonyl (C=O) groups is 4. The lowest BCUT2D eigenvalue weighted by Gasteiger charge is -2.26. The van der Waals surface area contributed by atoms with E-state index in [1.165, 1.54) is 25.0 Å². The van der Waals surface area contributed by atoms with Crippen molar-refractivity contribution in [3.8, 4) is 17.2 Å². The largest absolute Gasteiger partial charge is 0.493 e. The van der Waals surface area contributed by atoms with Gasteiger partial charge in [0.15, 0.2) is 16.7 Å². The number of fused-ring (bicyclic) bond motifs is 8. The lowest BCUT2D eigenvalue weighted by atomic mass is 9.96. The molecule has 16 nitrogen and oxygen atoms in total. The number of hydrogen-bond donors (Lipinski definition) is 4. The Hall–Kier alpha value is -6.09. The molecule has 0 bridgehead atoms. The molecule has 0 spiro atoms. The lowest BCUT2D eigenvalue weighted by Crippen LogP contribution is -2.43. The fourth-order valence-corrected chi connectivity index (χ4v) is 14.6. The Morgan fingerprint density at radius 1 is 0.750 bits per heavy atom. The summed E-state index contributed by atoms with van der Waals surface area (Å²) in [7, 11) is 2.92. The third-order valence-electron chi connectivity index (χ3n) is 14.6. The summed E-state index contributed by atoms with van der Waals surface area (Å²) in [5, 5.41) is 27.1. The van der Waals surface area contributed by atoms with E-state index in [0.29, 0.717) is 87.8 Å². The van der Waals surface area contributed by atoms with E-state index in [9.17, 15) is 37.8 Å². The first-order valence-electron chi connectivity index (χ1n) is 25.4. The third kappa shape index (κ3) is 11.6. The van der Waals surface area contributed by atoms with E-state index >= 15 is 0 Å². The Labute approximate surface area is 451 Å². The second-order valence-corrected chi connectivity index (χ2v) is 25.4. The quantitative estimate of drug-likeness (QED) is 0.0332. The monoisotopic (exact) mass is 1090 g/mol. The van der Waals surface area contributed by atoms with Crippen LogP contribution in [-0.4, -0.2) is 104 Å². The molecule has 0 aromatic heterocycles. The van der Waals surface area contributed by atoms with E-state index in [-0.39, 0.29) is 67.4 Å². The number of amides is 4. The summed E-state index contributed by atoms with van der Waals surface area (Å²) in [6.07, 6.45) is 1.55. The van der Waals surface area contributed by atoms with E-state index in [2.05, 4.69) is 28.7 Å². The molecule has 19 heteroatoms. The normalized spacial score (nSPS) is 19.0. The van der Waals surface area contributed by atoms with Crippen LogP contribution >= 0.6 is 21.6 Å². The topological polar surface area (TPSA) is 210 Å². The number of hydrogen-bond acceptors (Lipinski definition) is 14. The summed E-state index contributed by atoms with van der Waals surface area (Å²) in [5.74, 6) is 0.459. The standard InChI is InChI=1S/C57H64N4O12S3/c1-33-20-41-38(26-47(62)45-24-36-12-7-9-14-43(36)60(45)55(41)66)28-49(33)72-31-34-21-35(23-40(22-34)59-53(64)16-11-18-57(2,3)75-74-19-17-52(54(65)58-4)76(68,69)71-6)32-73-51-29-39-27-48(63)46-25-37-13-8-10-15-44(37)61(46)56(67)42(39)30-50(51)70-5/h7-10,12-15,20-23,28-30,45-48,52,62-63H,11,16-19,24-27,31-32H2,1-6H3,(H,58,65)(H,59,64)/t45-,46-,47?,48?,52?/m0/s1. The summed E-state index contributed by atoms with van der Waals surface area (Å²) >= 11 is 0. The molecule has 402 valence electrons. The fourth-order valence-electron chi connectivity index (χ4n) is 10.7. The Balaban J connectivity index is 0.910. The Kier molecular flexibility index (Phi) is 16.4. The number of aliphatic hydroxyl groups excluding tert-OH is 2. The van der Waals surface area contributed by atoms with Crippen molar-refractivity contribution >= 4 is 72.4 Å². The molecule has 76 heavy (non-hydrogen) atoms. The van der Waals surface area contributed by atoms with Crippen LogP contribution in [0.3, 0.4) is 0 Å². The molecule has 4 heterocycles. The maximum absolute atomic E-state index is 14.2. The van der Waals surface area contributed by atoms with Gasteiger partial charge in [0.1, 0.15) is 19.0 Å². The number of rotatable bonds is 20. The first-order chi connectivity index (χ1) is 36.4. The molecule has 9 rings (SSSR count). The van der Waals surface area contributed by atoms with Gasteiger partial charge in [0.05, 0.1) is 38.5 Å². The van der Waals surface area contributed by atoms with Crippen LogP contribution in [0.25, 0.3) is 0 Å². The third-order valence-corrected chi connectivity index (χ3v) is 19.6. The van der Waals surface area contributed by atoms with Gasteiger partial charge in [-0.1, -0.05) is 58.0 Å². The molecular weight excluding hydrogens is 1030 g/mol. The number of methoxy groups -OCH3 is 1. The molecule has 4 amide bonds. The number of nitrogens with zero attached hydrogens (tertiary/aromatic N) is 2. The predicted molar refractivity (Wildman–Crippen MR) is 295 cm³/mol. The Morgan fingerprint density at radius 2 is 1.30 bits per heavy atom. The molecule has 0 aliphatic carbocycles. The van der Waals surface area contributed by atoms with Gasteiger partial charge < -0.3 is 44.9 Å². The molecule has 5 atom stereocenters. The summed E-state index contributed by atoms with van der Waals surface area (Å²) < 4.78 is 47.8. The van der Waals surface area contributed by atoms with Crippen molar-refractivity contribution < 1.29 is 56.2 Å². The number of aliphatic hydroxyl groups is 2. The van der Waals surface area contributed by atoms with Crippen molar-refractivity contribution in [1.82, 2.24) is 5.32 Å². The van der Waals surface area contributed by atoms with Gasteiger partial charge in [-0.05, 0) is 146 Å². The smallest absolute Gasteiger partial charge is 0.279 e. The van der Waals surface area contributed by atoms with E-state index in [0.717, 1.165) is 35.2 Å². The summed E-state index contributed by atoms with van der Waals surface area (Å²) in [6, 6.07) is 27.4. The molecule has 0 fully saturated rings. The zero-order chi connectivity index (χ0) is 54.1. The molecule has 3 unspecified atom stereocenters. The first kappa shape index (κ1) is 54.7. The SMILES string of the molecule is CNC(=O)C(CCSSC(C)(C)CCCC(=O)Nc1cc(COc2cc3c(cc2C)C(=O)N2c4ccccc4C[C@H]2C(O)C3)cc(COc2cc3c(cc2OC)C(=O)N2c4ccccc4C[C@H]2C(O)C3)c1)S(=O)(=O)OC. The maximum atomic E-state index is 14.2. The number of anilines is 3. The van der Waals surface area contributed by atoms with Gasteiger partial charge in [-0.3, -0.25) is 23.4 Å². The van der Waals surface area contributed by atoms with Crippen molar-refractivity contribution in [3.63, 3.8) is 0 Å². The van der Waals surface area contributed by atoms with Gasteiger partial charge in [-0.15, -0.1) is 0 Å². The number of carbonyl (C=O) groups excluding carboxylic acids is 4. The number of aryl methyl sites for hydroxylation is 1. The number of ether oxygens (including phenoxy) is 3. The molecule has 4 aliphatic heterocycles. The van der Waals surface area contributed by atoms with Crippen LogP contribution in [0.5, 0.6) is 17.2 Å². The van der Waals surface area contributed by atoms with Gasteiger partial charge in [-0.25, -0.2) is 0 Å². The fraction of sp³-hybridized carbons (Fsp3) is 0.404.